The fraction of sp³-hybridized carbons (Fsp3) is 0.333. The van der Waals surface area contributed by atoms with E-state index in [4.69, 9.17) is 0 Å². The molecule has 3 aliphatic rings. The molecule has 418 valence electrons. The Bertz CT molecular complexity index is 3960. The van der Waals surface area contributed by atoms with Gasteiger partial charge in [0, 0.05) is 33.6 Å². The first-order valence-electron chi connectivity index (χ1n) is 28.9. The predicted octanol–water partition coefficient (Wildman–Crippen LogP) is 17.2. The topological polar surface area (TPSA) is 92.3 Å². The Morgan fingerprint density at radius 1 is 0.531 bits per heavy atom. The van der Waals surface area contributed by atoms with Crippen molar-refractivity contribution < 1.29 is 40.2 Å². The number of fused-ring (bicyclic) bond motifs is 10. The van der Waals surface area contributed by atoms with Gasteiger partial charge in [0.05, 0.1) is 16.6 Å². The minimum atomic E-state index is -0.778. The number of phenols is 4. The molecule has 81 heavy (non-hydrogen) atoms. The van der Waals surface area contributed by atoms with Crippen LogP contribution in [0.4, 0.5) is 34.1 Å². The third-order valence-corrected chi connectivity index (χ3v) is 17.1. The maximum absolute atomic E-state index is 12.1. The van der Waals surface area contributed by atoms with Crippen LogP contribution in [0.1, 0.15) is 161 Å². The van der Waals surface area contributed by atoms with Gasteiger partial charge in [0.15, 0.2) is 18.2 Å². The van der Waals surface area contributed by atoms with Crippen LogP contribution in [0.5, 0.6) is 23.0 Å². The first-order valence-corrected chi connectivity index (χ1v) is 28.9. The Hall–Kier alpha value is -6.94. The minimum absolute atomic E-state index is 0. The number of hydrogen-bond acceptors (Lipinski definition) is 6. The fourth-order valence-electron chi connectivity index (χ4n) is 12.5. The van der Waals surface area contributed by atoms with Gasteiger partial charge >= 0.3 is 19.8 Å². The monoisotopic (exact) mass is 1250 g/mol. The van der Waals surface area contributed by atoms with Crippen LogP contribution in [0, 0.1) is 32.9 Å². The molecule has 2 aliphatic heterocycles. The van der Waals surface area contributed by atoms with E-state index < -0.39 is 23.0 Å². The van der Waals surface area contributed by atoms with Gasteiger partial charge in [0.25, 0.3) is 0 Å². The van der Waals surface area contributed by atoms with Crippen LogP contribution in [0.2, 0.25) is 0 Å². The molecule has 1 aliphatic carbocycles. The second-order valence-corrected chi connectivity index (χ2v) is 25.9. The Morgan fingerprint density at radius 2 is 1.09 bits per heavy atom. The average molecular weight is 1250 g/mol. The van der Waals surface area contributed by atoms with E-state index in [1.54, 1.807) is 0 Å². The molecule has 0 unspecified atom stereocenters. The minimum Gasteiger partial charge on any atom is -0.504 e. The molecule has 8 aromatic carbocycles. The summed E-state index contributed by atoms with van der Waals surface area (Å²) in [5.74, 6) is -2.57. The van der Waals surface area contributed by atoms with Crippen LogP contribution in [0.3, 0.4) is 0 Å². The van der Waals surface area contributed by atoms with Gasteiger partial charge in [0.1, 0.15) is 5.52 Å². The van der Waals surface area contributed by atoms with Crippen molar-refractivity contribution in [1.29, 1.82) is 0 Å². The van der Waals surface area contributed by atoms with E-state index in [1.165, 1.54) is 46.2 Å². The molecule has 0 bridgehead atoms. The van der Waals surface area contributed by atoms with Gasteiger partial charge in [-0.25, -0.2) is 0 Å². The average Bonchev–Trinajstić information content (AvgIpc) is 3.88. The van der Waals surface area contributed by atoms with Crippen LogP contribution in [-0.4, -0.2) is 31.7 Å². The van der Waals surface area contributed by atoms with E-state index in [-0.39, 0.29) is 59.1 Å². The van der Waals surface area contributed by atoms with Crippen LogP contribution in [0.15, 0.2) is 109 Å². The zero-order valence-corrected chi connectivity index (χ0v) is 53.4. The van der Waals surface area contributed by atoms with Crippen molar-refractivity contribution in [2.24, 2.45) is 0 Å². The molecular weight excluding hydrogens is 1170 g/mol. The molecular formula is C72H80BN3O4Os. The summed E-state index contributed by atoms with van der Waals surface area (Å²) < 4.78 is 1.96. The Balaban J connectivity index is 0.00000109. The maximum Gasteiger partial charge on any atom is 2.00 e. The summed E-state index contributed by atoms with van der Waals surface area (Å²) in [4.78, 5) is 4.84. The van der Waals surface area contributed by atoms with E-state index >= 15 is 0 Å². The summed E-state index contributed by atoms with van der Waals surface area (Å²) >= 11 is 0. The smallest absolute Gasteiger partial charge is 0.504 e. The number of nitrogens with zero attached hydrogens (tertiary/aromatic N) is 3. The Labute approximate surface area is 495 Å². The number of aromatic nitrogens is 1. The first kappa shape index (κ1) is 58.7. The number of phenolic OH excluding ortho intramolecular Hbond substituents is 4. The normalized spacial score (nSPS) is 13.8. The number of para-hydroxylation sites is 1. The third-order valence-electron chi connectivity index (χ3n) is 17.1. The molecule has 12 rings (SSSR count). The number of anilines is 6. The maximum atomic E-state index is 12.1. The summed E-state index contributed by atoms with van der Waals surface area (Å²) in [5.41, 5.74) is 21.5. The van der Waals surface area contributed by atoms with Crippen LogP contribution in [0.25, 0.3) is 38.6 Å². The van der Waals surface area contributed by atoms with Gasteiger partial charge in [-0.2, -0.15) is 47.5 Å². The van der Waals surface area contributed by atoms with Gasteiger partial charge in [0.2, 0.25) is 11.5 Å². The zero-order chi connectivity index (χ0) is 58.0. The number of hydrogen-bond donors (Lipinski definition) is 4. The van der Waals surface area contributed by atoms with Gasteiger partial charge in [-0.05, 0) is 94.0 Å². The van der Waals surface area contributed by atoms with E-state index in [0.29, 0.717) is 10.9 Å². The number of benzene rings is 8. The second-order valence-electron chi connectivity index (χ2n) is 25.9. The van der Waals surface area contributed by atoms with Gasteiger partial charge in [-0.1, -0.05) is 206 Å². The summed E-state index contributed by atoms with van der Waals surface area (Å²) in [6.07, 6.45) is 2.64. The molecule has 0 radical (unpaired) electrons. The van der Waals surface area contributed by atoms with Gasteiger partial charge in [-0.3, -0.25) is 0 Å². The second kappa shape index (κ2) is 20.8. The van der Waals surface area contributed by atoms with Crippen molar-refractivity contribution in [3.63, 3.8) is 0 Å². The first-order chi connectivity index (χ1) is 37.7. The van der Waals surface area contributed by atoms with Gasteiger partial charge in [-0.15, -0.1) is 11.0 Å². The number of rotatable bonds is 4. The summed E-state index contributed by atoms with van der Waals surface area (Å²) in [6, 6.07) is 47.6. The van der Waals surface area contributed by atoms with Crippen molar-refractivity contribution in [3.05, 3.63) is 166 Å². The number of aromatic hydroxyl groups is 4. The molecule has 3 heterocycles. The zero-order valence-electron chi connectivity index (χ0n) is 50.9. The summed E-state index contributed by atoms with van der Waals surface area (Å²) in [5, 5.41) is 47.8. The van der Waals surface area contributed by atoms with Crippen molar-refractivity contribution in [1.82, 2.24) is 4.57 Å². The molecule has 9 heteroatoms. The molecule has 1 aromatic heterocycles. The summed E-state index contributed by atoms with van der Waals surface area (Å²) in [6.45, 7) is 39.2. The van der Waals surface area contributed by atoms with Crippen LogP contribution < -0.4 is 26.2 Å². The van der Waals surface area contributed by atoms with Crippen molar-refractivity contribution >= 4 is 79.0 Å². The molecule has 0 amide bonds. The fourth-order valence-corrected chi connectivity index (χ4v) is 12.5. The van der Waals surface area contributed by atoms with E-state index in [1.807, 2.05) is 50.5 Å². The molecule has 0 fully saturated rings. The molecule has 7 nitrogen and oxygen atoms in total. The molecule has 0 saturated carbocycles. The molecule has 0 spiro atoms. The van der Waals surface area contributed by atoms with Crippen LogP contribution >= 0.6 is 0 Å². The largest absolute Gasteiger partial charge is 2.00 e. The van der Waals surface area contributed by atoms with E-state index in [9.17, 15) is 20.4 Å². The van der Waals surface area contributed by atoms with Crippen molar-refractivity contribution in [2.45, 2.75) is 159 Å². The molecule has 4 N–H and O–H groups in total. The quantitative estimate of drug-likeness (QED) is 0.0607. The molecule has 0 saturated heterocycles. The van der Waals surface area contributed by atoms with Crippen molar-refractivity contribution in [2.75, 3.05) is 9.80 Å². The van der Waals surface area contributed by atoms with Gasteiger partial charge < -0.3 is 34.8 Å². The van der Waals surface area contributed by atoms with Crippen LogP contribution in [-0.2, 0) is 41.5 Å². The standard InChI is InChI=1S/C66H64BN3O4.C4H10.C2H6.Os/c1-35-18-17-19-36(2)57(35)70-51-34-52-48(33-44(51)55-58(70)60(72)62(74)61(73)59(55)71)67-47-29-39(64(7,8)9)23-27-50(47)69(49-26-22-38(28-37(49)3)63(4,5)6)54-31-40(65(10,11)12)30-53(56(54)67)68(52)41-24-25-43-42-20-15-16-21-45(42)66(13,14)46(43)32-41;1-3-4-2;1-2;/h15-25,28-34,71-74H,1-14H3;3-4H2,1-2H3;1-2H3;/q-2;;;+2. The van der Waals surface area contributed by atoms with E-state index in [2.05, 4.69) is 210 Å². The molecule has 0 atom stereocenters. The number of aryl methyl sites for hydroxylation is 3. The number of unbranched alkanes of at least 4 members (excludes halogenated alkanes) is 1. The SMILES string of the molecule is CC.CCCC.Cc1cc(C(C)(C)C)c[c-]c1N1c2[c-]cc(C(C)(C)C)cc2B2c3cc4c5c(O)c(O)c(O)c(O)c5n(-c5c(C)cccc5C)c4cc3N(c3ccc4c(c3)C(C)(C)c3ccccc3-4)c3cc(C(C)(C)C)cc1c32.[Os+2]. The predicted molar refractivity (Wildman–Crippen MR) is 339 cm³/mol. The third kappa shape index (κ3) is 9.22. The van der Waals surface area contributed by atoms with Crippen molar-refractivity contribution in [3.8, 4) is 39.8 Å². The van der Waals surface area contributed by atoms with E-state index in [0.717, 1.165) is 78.5 Å². The molecule has 9 aromatic rings. The Kier molecular flexibility index (Phi) is 15.1. The summed E-state index contributed by atoms with van der Waals surface area (Å²) in [7, 11) is 0. The Morgan fingerprint density at radius 3 is 1.68 bits per heavy atom.